The third kappa shape index (κ3) is 4.77. The zero-order valence-electron chi connectivity index (χ0n) is 18.5. The highest BCUT2D eigenvalue weighted by Gasteiger charge is 2.33. The molecule has 2 aromatic carbocycles. The van der Waals surface area contributed by atoms with E-state index in [4.69, 9.17) is 5.26 Å². The number of carbonyl (C=O) groups is 2. The van der Waals surface area contributed by atoms with Crippen LogP contribution in [0.4, 0.5) is 11.4 Å². The minimum atomic E-state index is -3.68. The van der Waals surface area contributed by atoms with Crippen molar-refractivity contribution in [2.75, 3.05) is 29.9 Å². The van der Waals surface area contributed by atoms with Gasteiger partial charge in [0.2, 0.25) is 21.8 Å². The summed E-state index contributed by atoms with van der Waals surface area (Å²) in [6.45, 7) is 2.70. The number of hydrogen-bond acceptors (Lipinski definition) is 5. The lowest BCUT2D eigenvalue weighted by Crippen LogP contribution is -2.41. The molecule has 2 aromatic rings. The summed E-state index contributed by atoms with van der Waals surface area (Å²) in [5.41, 5.74) is 2.78. The molecule has 1 N–H and O–H groups in total. The first-order chi connectivity index (χ1) is 15.8. The Morgan fingerprint density at radius 3 is 2.39 bits per heavy atom. The van der Waals surface area contributed by atoms with Crippen LogP contribution in [0.15, 0.2) is 47.4 Å². The number of nitrogens with one attached hydrogen (secondary N) is 1. The Kier molecular flexibility index (Phi) is 6.49. The Labute approximate surface area is 193 Å². The van der Waals surface area contributed by atoms with E-state index in [1.165, 1.54) is 11.2 Å². The van der Waals surface area contributed by atoms with Gasteiger partial charge in [0.1, 0.15) is 0 Å². The van der Waals surface area contributed by atoms with Crippen LogP contribution in [0.1, 0.15) is 37.3 Å². The van der Waals surface area contributed by atoms with Crippen LogP contribution in [-0.4, -0.2) is 44.2 Å². The van der Waals surface area contributed by atoms with Crippen LogP contribution >= 0.6 is 0 Å². The highest BCUT2D eigenvalue weighted by atomic mass is 32.2. The van der Waals surface area contributed by atoms with Crippen molar-refractivity contribution in [1.82, 2.24) is 4.31 Å². The number of carbonyl (C=O) groups excluding carboxylic acids is 2. The van der Waals surface area contributed by atoms with Gasteiger partial charge in [-0.2, -0.15) is 9.57 Å². The lowest BCUT2D eigenvalue weighted by molar-refractivity contribution is -0.121. The summed E-state index contributed by atoms with van der Waals surface area (Å²) in [6, 6.07) is 13.6. The lowest BCUT2D eigenvalue weighted by atomic mass is 9.97. The number of anilines is 2. The van der Waals surface area contributed by atoms with E-state index in [0.717, 1.165) is 24.1 Å². The van der Waals surface area contributed by atoms with Gasteiger partial charge < -0.3 is 10.2 Å². The number of piperidine rings is 1. The molecule has 4 rings (SSSR count). The SMILES string of the molecule is CC(=O)N1CCCc2cc(S(=O)(=O)N3CCC(C(=O)Nc4ccc(C#N)cc4)CC3)ccc21. The predicted octanol–water partition coefficient (Wildman–Crippen LogP) is 2.90. The second-order valence-electron chi connectivity index (χ2n) is 8.42. The monoisotopic (exact) mass is 466 g/mol. The number of benzene rings is 2. The summed E-state index contributed by atoms with van der Waals surface area (Å²) in [7, 11) is -3.68. The largest absolute Gasteiger partial charge is 0.326 e. The zero-order valence-corrected chi connectivity index (χ0v) is 19.3. The van der Waals surface area contributed by atoms with Crippen LogP contribution in [0.5, 0.6) is 0 Å². The first-order valence-electron chi connectivity index (χ1n) is 11.0. The van der Waals surface area contributed by atoms with Gasteiger partial charge in [-0.3, -0.25) is 9.59 Å². The quantitative estimate of drug-likeness (QED) is 0.745. The Balaban J connectivity index is 1.41. The normalized spacial score (nSPS) is 17.2. The van der Waals surface area contributed by atoms with Crippen molar-refractivity contribution in [3.63, 3.8) is 0 Å². The number of hydrogen-bond donors (Lipinski definition) is 1. The minimum absolute atomic E-state index is 0.0482. The number of amides is 2. The molecule has 0 unspecified atom stereocenters. The number of nitrogens with zero attached hydrogens (tertiary/aromatic N) is 3. The first-order valence-corrected chi connectivity index (χ1v) is 12.5. The molecular weight excluding hydrogens is 440 g/mol. The van der Waals surface area contributed by atoms with Crippen LogP contribution in [0.25, 0.3) is 0 Å². The van der Waals surface area contributed by atoms with Gasteiger partial charge in [-0.1, -0.05) is 0 Å². The summed E-state index contributed by atoms with van der Waals surface area (Å²) < 4.78 is 27.9. The number of nitriles is 1. The molecule has 9 heteroatoms. The fourth-order valence-electron chi connectivity index (χ4n) is 4.44. The Morgan fingerprint density at radius 1 is 1.06 bits per heavy atom. The van der Waals surface area contributed by atoms with Gasteiger partial charge in [0.15, 0.2) is 0 Å². The van der Waals surface area contributed by atoms with E-state index in [2.05, 4.69) is 5.32 Å². The third-order valence-corrected chi connectivity index (χ3v) is 8.19. The van der Waals surface area contributed by atoms with Crippen molar-refractivity contribution in [1.29, 1.82) is 5.26 Å². The van der Waals surface area contributed by atoms with Crippen LogP contribution in [-0.2, 0) is 26.0 Å². The summed E-state index contributed by atoms with van der Waals surface area (Å²) in [5, 5.41) is 11.7. The maximum atomic E-state index is 13.2. The fraction of sp³-hybridized carbons (Fsp3) is 0.375. The number of aryl methyl sites for hydroxylation is 1. The molecule has 2 aliphatic heterocycles. The van der Waals surface area contributed by atoms with Crippen molar-refractivity contribution >= 4 is 33.2 Å². The highest BCUT2D eigenvalue weighted by molar-refractivity contribution is 7.89. The molecule has 33 heavy (non-hydrogen) atoms. The molecule has 0 aromatic heterocycles. The van der Waals surface area contributed by atoms with Crippen LogP contribution in [0.2, 0.25) is 0 Å². The molecule has 0 aliphatic carbocycles. The summed E-state index contributed by atoms with van der Waals surface area (Å²) in [4.78, 5) is 26.4. The van der Waals surface area contributed by atoms with E-state index < -0.39 is 10.0 Å². The maximum Gasteiger partial charge on any atom is 0.243 e. The number of sulfonamides is 1. The van der Waals surface area contributed by atoms with Crippen molar-refractivity contribution in [3.05, 3.63) is 53.6 Å². The van der Waals surface area contributed by atoms with Crippen LogP contribution < -0.4 is 10.2 Å². The summed E-state index contributed by atoms with van der Waals surface area (Å²) in [6.07, 6.45) is 2.41. The van der Waals surface area contributed by atoms with E-state index in [0.29, 0.717) is 30.6 Å². The molecule has 1 fully saturated rings. The number of rotatable bonds is 4. The topological polar surface area (TPSA) is 111 Å². The fourth-order valence-corrected chi connectivity index (χ4v) is 5.96. The van der Waals surface area contributed by atoms with Crippen molar-refractivity contribution < 1.29 is 18.0 Å². The lowest BCUT2D eigenvalue weighted by Gasteiger charge is -2.32. The molecule has 0 atom stereocenters. The molecule has 0 radical (unpaired) electrons. The molecule has 0 spiro atoms. The average Bonchev–Trinajstić information content (AvgIpc) is 2.83. The van der Waals surface area contributed by atoms with E-state index >= 15 is 0 Å². The zero-order chi connectivity index (χ0) is 23.6. The Morgan fingerprint density at radius 2 is 1.76 bits per heavy atom. The number of fused-ring (bicyclic) bond motifs is 1. The maximum absolute atomic E-state index is 13.2. The molecule has 0 bridgehead atoms. The van der Waals surface area contributed by atoms with Crippen LogP contribution in [0.3, 0.4) is 0 Å². The molecule has 2 heterocycles. The third-order valence-electron chi connectivity index (χ3n) is 6.29. The van der Waals surface area contributed by atoms with Crippen molar-refractivity contribution in [2.24, 2.45) is 5.92 Å². The van der Waals surface area contributed by atoms with Gasteiger partial charge in [-0.15, -0.1) is 0 Å². The molecule has 8 nitrogen and oxygen atoms in total. The van der Waals surface area contributed by atoms with Gasteiger partial charge in [0.05, 0.1) is 16.5 Å². The smallest absolute Gasteiger partial charge is 0.243 e. The van der Waals surface area contributed by atoms with Crippen molar-refractivity contribution in [3.8, 4) is 6.07 Å². The van der Waals surface area contributed by atoms with Gasteiger partial charge >= 0.3 is 0 Å². The summed E-state index contributed by atoms with van der Waals surface area (Å²) >= 11 is 0. The van der Waals surface area contributed by atoms with E-state index in [9.17, 15) is 18.0 Å². The van der Waals surface area contributed by atoms with Gasteiger partial charge in [-0.25, -0.2) is 8.42 Å². The van der Waals surface area contributed by atoms with Gasteiger partial charge in [-0.05, 0) is 73.7 Å². The molecule has 1 saturated heterocycles. The predicted molar refractivity (Wildman–Crippen MR) is 124 cm³/mol. The van der Waals surface area contributed by atoms with Crippen LogP contribution in [0, 0.1) is 17.2 Å². The molecule has 2 aliphatic rings. The Hall–Kier alpha value is -3.22. The van der Waals surface area contributed by atoms with E-state index in [1.54, 1.807) is 47.4 Å². The standard InChI is InChI=1S/C24H26N4O4S/c1-17(29)28-12-2-3-20-15-22(8-9-23(20)28)33(31,32)27-13-10-19(11-14-27)24(30)26-21-6-4-18(16-25)5-7-21/h4-9,15,19H,2-3,10-14H2,1H3,(H,26,30). The first kappa shape index (κ1) is 23.0. The molecule has 0 saturated carbocycles. The molecule has 2 amide bonds. The highest BCUT2D eigenvalue weighted by Crippen LogP contribution is 2.32. The average molecular weight is 467 g/mol. The van der Waals surface area contributed by atoms with Gasteiger partial charge in [0, 0.05) is 43.9 Å². The molecular formula is C24H26N4O4S. The van der Waals surface area contributed by atoms with E-state index in [1.807, 2.05) is 6.07 Å². The van der Waals surface area contributed by atoms with Gasteiger partial charge in [0.25, 0.3) is 0 Å². The second kappa shape index (κ2) is 9.33. The van der Waals surface area contributed by atoms with Crippen molar-refractivity contribution in [2.45, 2.75) is 37.5 Å². The molecule has 172 valence electrons. The van der Waals surface area contributed by atoms with E-state index in [-0.39, 0.29) is 35.7 Å². The summed E-state index contributed by atoms with van der Waals surface area (Å²) in [5.74, 6) is -0.470. The minimum Gasteiger partial charge on any atom is -0.326 e. The second-order valence-corrected chi connectivity index (χ2v) is 10.4. The Bertz CT molecular complexity index is 1210.